The summed E-state index contributed by atoms with van der Waals surface area (Å²) in [6.07, 6.45) is -1.83. The highest BCUT2D eigenvalue weighted by molar-refractivity contribution is 5.81. The number of aliphatic hydroxyl groups is 2. The zero-order chi connectivity index (χ0) is 20.0. The van der Waals surface area contributed by atoms with Gasteiger partial charge in [0.25, 0.3) is 5.91 Å². The number of ether oxygens (including phenoxy) is 1. The maximum Gasteiger partial charge on any atom is 0.261 e. The number of anilines is 1. The Bertz CT molecular complexity index is 729. The maximum atomic E-state index is 12.4. The standard InChI is InChI=1S/C21H28N2O4/c1-13(2)15-6-10-18(11-7-15)27-14(3)21(26)23-19(12-24)20(25)16-4-8-17(22)9-5-16/h4-11,13-14,19-20,24-25H,12,22H2,1-3H3,(H,23,26). The van der Waals surface area contributed by atoms with Gasteiger partial charge in [-0.2, -0.15) is 0 Å². The first-order valence-electron chi connectivity index (χ1n) is 9.03. The van der Waals surface area contributed by atoms with E-state index in [4.69, 9.17) is 10.5 Å². The molecule has 0 spiro atoms. The number of hydrogen-bond acceptors (Lipinski definition) is 5. The lowest BCUT2D eigenvalue weighted by atomic mass is 10.0. The molecule has 0 fully saturated rings. The highest BCUT2D eigenvalue weighted by atomic mass is 16.5. The van der Waals surface area contributed by atoms with Gasteiger partial charge < -0.3 is 26.0 Å². The number of aliphatic hydroxyl groups excluding tert-OH is 2. The largest absolute Gasteiger partial charge is 0.481 e. The van der Waals surface area contributed by atoms with E-state index in [-0.39, 0.29) is 0 Å². The van der Waals surface area contributed by atoms with Crippen molar-refractivity contribution >= 4 is 11.6 Å². The van der Waals surface area contributed by atoms with E-state index in [1.807, 2.05) is 24.3 Å². The smallest absolute Gasteiger partial charge is 0.261 e. The number of hydrogen-bond donors (Lipinski definition) is 4. The Balaban J connectivity index is 1.97. The van der Waals surface area contributed by atoms with E-state index in [1.165, 1.54) is 5.56 Å². The third-order valence-electron chi connectivity index (χ3n) is 4.41. The minimum absolute atomic E-state index is 0.410. The first kappa shape index (κ1) is 20.7. The third kappa shape index (κ3) is 5.70. The van der Waals surface area contributed by atoms with Crippen LogP contribution in [0.4, 0.5) is 5.69 Å². The topological polar surface area (TPSA) is 105 Å². The molecule has 0 bridgehead atoms. The van der Waals surface area contributed by atoms with E-state index in [0.29, 0.717) is 22.9 Å². The quantitative estimate of drug-likeness (QED) is 0.533. The molecular formula is C21H28N2O4. The average Bonchev–Trinajstić information content (AvgIpc) is 2.66. The normalized spacial score (nSPS) is 14.4. The Kier molecular flexibility index (Phi) is 7.21. The van der Waals surface area contributed by atoms with E-state index in [9.17, 15) is 15.0 Å². The molecule has 2 rings (SSSR count). The second-order valence-electron chi connectivity index (χ2n) is 6.89. The van der Waals surface area contributed by atoms with Crippen molar-refractivity contribution in [2.24, 2.45) is 0 Å². The van der Waals surface area contributed by atoms with Gasteiger partial charge >= 0.3 is 0 Å². The van der Waals surface area contributed by atoms with Crippen molar-refractivity contribution in [3.8, 4) is 5.75 Å². The van der Waals surface area contributed by atoms with Gasteiger partial charge in [0.15, 0.2) is 6.10 Å². The summed E-state index contributed by atoms with van der Waals surface area (Å²) < 4.78 is 5.67. The van der Waals surface area contributed by atoms with Crippen molar-refractivity contribution < 1.29 is 19.7 Å². The number of nitrogens with one attached hydrogen (secondary N) is 1. The van der Waals surface area contributed by atoms with Gasteiger partial charge in [-0.1, -0.05) is 38.1 Å². The highest BCUT2D eigenvalue weighted by Crippen LogP contribution is 2.20. The van der Waals surface area contributed by atoms with Gasteiger partial charge in [0.1, 0.15) is 11.9 Å². The lowest BCUT2D eigenvalue weighted by Crippen LogP contribution is -2.47. The Morgan fingerprint density at radius 3 is 2.11 bits per heavy atom. The Hall–Kier alpha value is -2.57. The number of benzene rings is 2. The van der Waals surface area contributed by atoms with Crippen LogP contribution in [-0.4, -0.2) is 34.9 Å². The molecule has 1 amide bonds. The third-order valence-corrected chi connectivity index (χ3v) is 4.41. The number of amides is 1. The fraction of sp³-hybridized carbons (Fsp3) is 0.381. The van der Waals surface area contributed by atoms with Crippen molar-refractivity contribution in [1.29, 1.82) is 0 Å². The van der Waals surface area contributed by atoms with Crippen molar-refractivity contribution in [1.82, 2.24) is 5.32 Å². The molecule has 0 heterocycles. The van der Waals surface area contributed by atoms with Crippen LogP contribution < -0.4 is 15.8 Å². The molecule has 0 aliphatic carbocycles. The van der Waals surface area contributed by atoms with E-state index in [2.05, 4.69) is 19.2 Å². The zero-order valence-corrected chi connectivity index (χ0v) is 15.9. The summed E-state index contributed by atoms with van der Waals surface area (Å²) in [6, 6.07) is 13.4. The molecule has 27 heavy (non-hydrogen) atoms. The Labute approximate surface area is 160 Å². The number of rotatable bonds is 8. The first-order valence-corrected chi connectivity index (χ1v) is 9.03. The number of nitrogens with two attached hydrogens (primary N) is 1. The lowest BCUT2D eigenvalue weighted by Gasteiger charge is -2.24. The van der Waals surface area contributed by atoms with E-state index in [0.717, 1.165) is 0 Å². The van der Waals surface area contributed by atoms with Gasteiger partial charge in [-0.05, 0) is 48.2 Å². The fourth-order valence-electron chi connectivity index (χ4n) is 2.64. The first-order chi connectivity index (χ1) is 12.8. The molecule has 0 saturated heterocycles. The second kappa shape index (κ2) is 9.39. The van der Waals surface area contributed by atoms with Gasteiger partial charge in [0.2, 0.25) is 0 Å². The van der Waals surface area contributed by atoms with Crippen LogP contribution in [0.3, 0.4) is 0 Å². The summed E-state index contributed by atoms with van der Waals surface area (Å²) in [4.78, 5) is 12.4. The monoisotopic (exact) mass is 372 g/mol. The van der Waals surface area contributed by atoms with Crippen LogP contribution in [-0.2, 0) is 4.79 Å². The molecule has 3 unspecified atom stereocenters. The predicted octanol–water partition coefficient (Wildman–Crippen LogP) is 2.37. The molecule has 3 atom stereocenters. The molecule has 0 aliphatic heterocycles. The Morgan fingerprint density at radius 1 is 1.04 bits per heavy atom. The summed E-state index contributed by atoms with van der Waals surface area (Å²) in [6.45, 7) is 5.42. The molecule has 0 saturated carbocycles. The van der Waals surface area contributed by atoms with Crippen LogP contribution in [0.15, 0.2) is 48.5 Å². The van der Waals surface area contributed by atoms with Gasteiger partial charge in [0, 0.05) is 5.69 Å². The molecule has 2 aromatic rings. The van der Waals surface area contributed by atoms with Gasteiger partial charge in [-0.25, -0.2) is 0 Å². The van der Waals surface area contributed by atoms with Crippen LogP contribution in [0.2, 0.25) is 0 Å². The van der Waals surface area contributed by atoms with E-state index >= 15 is 0 Å². The minimum Gasteiger partial charge on any atom is -0.481 e. The van der Waals surface area contributed by atoms with E-state index < -0.39 is 30.8 Å². The number of carbonyl (C=O) groups excluding carboxylic acids is 1. The van der Waals surface area contributed by atoms with Crippen LogP contribution in [0.25, 0.3) is 0 Å². The van der Waals surface area contributed by atoms with E-state index in [1.54, 1.807) is 31.2 Å². The predicted molar refractivity (Wildman–Crippen MR) is 105 cm³/mol. The SMILES string of the molecule is CC(Oc1ccc(C(C)C)cc1)C(=O)NC(CO)C(O)c1ccc(N)cc1. The molecule has 5 N–H and O–H groups in total. The summed E-state index contributed by atoms with van der Waals surface area (Å²) in [7, 11) is 0. The van der Waals surface area contributed by atoms with Gasteiger partial charge in [0.05, 0.1) is 12.6 Å². The maximum absolute atomic E-state index is 12.4. The van der Waals surface area contributed by atoms with Crippen LogP contribution >= 0.6 is 0 Å². The number of nitrogen functional groups attached to an aromatic ring is 1. The summed E-state index contributed by atoms with van der Waals surface area (Å²) in [5.41, 5.74) is 7.95. The second-order valence-corrected chi connectivity index (χ2v) is 6.89. The van der Waals surface area contributed by atoms with Crippen LogP contribution in [0.1, 0.15) is 43.9 Å². The molecule has 146 valence electrons. The van der Waals surface area contributed by atoms with Crippen LogP contribution in [0.5, 0.6) is 5.75 Å². The molecule has 6 heteroatoms. The highest BCUT2D eigenvalue weighted by Gasteiger charge is 2.25. The van der Waals surface area contributed by atoms with Gasteiger partial charge in [-0.3, -0.25) is 4.79 Å². The molecule has 2 aromatic carbocycles. The molecule has 6 nitrogen and oxygen atoms in total. The summed E-state index contributed by atoms with van der Waals surface area (Å²) in [5.74, 6) is 0.582. The van der Waals surface area contributed by atoms with Crippen molar-refractivity contribution in [2.45, 2.75) is 44.9 Å². The van der Waals surface area contributed by atoms with Gasteiger partial charge in [-0.15, -0.1) is 0 Å². The molecular weight excluding hydrogens is 344 g/mol. The lowest BCUT2D eigenvalue weighted by molar-refractivity contribution is -0.129. The molecule has 0 aromatic heterocycles. The summed E-state index contributed by atoms with van der Waals surface area (Å²) in [5, 5.41) is 22.6. The minimum atomic E-state index is -1.06. The van der Waals surface area contributed by atoms with Crippen LogP contribution in [0, 0.1) is 0 Å². The average molecular weight is 372 g/mol. The summed E-state index contributed by atoms with van der Waals surface area (Å²) >= 11 is 0. The van der Waals surface area contributed by atoms with Crippen molar-refractivity contribution in [3.63, 3.8) is 0 Å². The van der Waals surface area contributed by atoms with Crippen molar-refractivity contribution in [2.75, 3.05) is 12.3 Å². The zero-order valence-electron chi connectivity index (χ0n) is 15.9. The molecule has 0 aliphatic rings. The fourth-order valence-corrected chi connectivity index (χ4v) is 2.64. The Morgan fingerprint density at radius 2 is 1.59 bits per heavy atom. The van der Waals surface area contributed by atoms with Crippen molar-refractivity contribution in [3.05, 3.63) is 59.7 Å². The molecule has 0 radical (unpaired) electrons. The number of carbonyl (C=O) groups is 1.